The third-order valence-electron chi connectivity index (χ3n) is 4.16. The molecule has 2 aliphatic rings. The number of nitrogens with one attached hydrogen (secondary N) is 1. The summed E-state index contributed by atoms with van der Waals surface area (Å²) < 4.78 is 70.4. The lowest BCUT2D eigenvalue weighted by atomic mass is 10.2. The zero-order chi connectivity index (χ0) is 20.6. The first-order valence-electron chi connectivity index (χ1n) is 8.54. The van der Waals surface area contributed by atoms with Gasteiger partial charge in [0.25, 0.3) is 0 Å². The van der Waals surface area contributed by atoms with Crippen LogP contribution in [0.4, 0.5) is 14.5 Å². The number of rotatable bonds is 5. The molecular weight excluding hydrogens is 412 g/mol. The maximum Gasteiger partial charge on any atom is 0.586 e. The first kappa shape index (κ1) is 19.2. The van der Waals surface area contributed by atoms with Crippen molar-refractivity contribution in [1.82, 2.24) is 0 Å². The van der Waals surface area contributed by atoms with E-state index in [1.165, 1.54) is 36.4 Å². The zero-order valence-electron chi connectivity index (χ0n) is 14.8. The van der Waals surface area contributed by atoms with Crippen LogP contribution in [0.15, 0.2) is 41.3 Å². The van der Waals surface area contributed by atoms with E-state index in [-0.39, 0.29) is 28.5 Å². The first-order chi connectivity index (χ1) is 13.7. The Labute approximate surface area is 164 Å². The average molecular weight is 427 g/mol. The smallest absolute Gasteiger partial charge is 0.486 e. The number of halogens is 2. The molecule has 29 heavy (non-hydrogen) atoms. The van der Waals surface area contributed by atoms with Crippen molar-refractivity contribution in [3.05, 3.63) is 36.4 Å². The van der Waals surface area contributed by atoms with Gasteiger partial charge in [0.2, 0.25) is 5.91 Å². The Morgan fingerprint density at radius 1 is 0.966 bits per heavy atom. The molecule has 2 aromatic carbocycles. The zero-order valence-corrected chi connectivity index (χ0v) is 15.6. The number of amides is 1. The molecular formula is C18H15F2NO7S. The van der Waals surface area contributed by atoms with Crippen LogP contribution in [-0.2, 0) is 14.6 Å². The van der Waals surface area contributed by atoms with E-state index in [2.05, 4.69) is 14.8 Å². The van der Waals surface area contributed by atoms with Crippen LogP contribution in [0.1, 0.15) is 6.42 Å². The first-order valence-corrected chi connectivity index (χ1v) is 10.2. The maximum atomic E-state index is 13.0. The number of anilines is 1. The highest BCUT2D eigenvalue weighted by Crippen LogP contribution is 2.42. The van der Waals surface area contributed by atoms with Gasteiger partial charge in [0.05, 0.1) is 10.6 Å². The molecule has 2 aliphatic heterocycles. The van der Waals surface area contributed by atoms with Crippen LogP contribution in [0, 0.1) is 0 Å². The number of carbonyl (C=O) groups is 1. The molecule has 0 saturated carbocycles. The molecule has 1 amide bonds. The molecule has 8 nitrogen and oxygen atoms in total. The van der Waals surface area contributed by atoms with Gasteiger partial charge in [0.15, 0.2) is 32.8 Å². The molecule has 1 N–H and O–H groups in total. The number of benzene rings is 2. The molecule has 0 radical (unpaired) electrons. The highest BCUT2D eigenvalue weighted by molar-refractivity contribution is 7.91. The summed E-state index contributed by atoms with van der Waals surface area (Å²) in [5, 5.41) is 2.44. The number of fused-ring (bicyclic) bond motifs is 2. The number of alkyl halides is 2. The molecule has 2 heterocycles. The standard InChI is InChI=1S/C18H15F2NO7S/c19-18(20)27-14-3-1-11(9-16(14)28-18)21-17(22)5-8-29(23,24)12-2-4-13-15(10-12)26-7-6-25-13/h1-4,9-10H,5-8H2,(H,21,22). The Balaban J connectivity index is 1.38. The molecule has 0 atom stereocenters. The van der Waals surface area contributed by atoms with E-state index in [1.54, 1.807) is 0 Å². The minimum atomic E-state index is -3.76. The van der Waals surface area contributed by atoms with Crippen molar-refractivity contribution >= 4 is 21.4 Å². The Hall–Kier alpha value is -3.08. The van der Waals surface area contributed by atoms with Crippen LogP contribution >= 0.6 is 0 Å². The van der Waals surface area contributed by atoms with Crippen molar-refractivity contribution < 1.29 is 40.9 Å². The molecule has 11 heteroatoms. The topological polar surface area (TPSA) is 100 Å². The van der Waals surface area contributed by atoms with Gasteiger partial charge >= 0.3 is 6.29 Å². The summed E-state index contributed by atoms with van der Waals surface area (Å²) in [7, 11) is -3.75. The van der Waals surface area contributed by atoms with Gasteiger partial charge in [-0.05, 0) is 24.3 Å². The summed E-state index contributed by atoms with van der Waals surface area (Å²) in [4.78, 5) is 12.1. The Kier molecular flexibility index (Phi) is 4.69. The van der Waals surface area contributed by atoms with Gasteiger partial charge in [0.1, 0.15) is 13.2 Å². The van der Waals surface area contributed by atoms with Crippen LogP contribution < -0.4 is 24.3 Å². The quantitative estimate of drug-likeness (QED) is 0.783. The van der Waals surface area contributed by atoms with Crippen molar-refractivity contribution in [2.75, 3.05) is 24.3 Å². The van der Waals surface area contributed by atoms with Crippen LogP contribution in [0.5, 0.6) is 23.0 Å². The number of carbonyl (C=O) groups excluding carboxylic acids is 1. The van der Waals surface area contributed by atoms with E-state index in [9.17, 15) is 22.0 Å². The molecule has 2 aromatic rings. The molecule has 0 fully saturated rings. The van der Waals surface area contributed by atoms with Crippen molar-refractivity contribution in [3.63, 3.8) is 0 Å². The second-order valence-electron chi connectivity index (χ2n) is 6.25. The van der Waals surface area contributed by atoms with Crippen LogP contribution in [0.25, 0.3) is 0 Å². The van der Waals surface area contributed by atoms with E-state index < -0.39 is 27.8 Å². The molecule has 0 spiro atoms. The Morgan fingerprint density at radius 3 is 2.45 bits per heavy atom. The van der Waals surface area contributed by atoms with E-state index in [0.29, 0.717) is 24.7 Å². The van der Waals surface area contributed by atoms with Gasteiger partial charge in [-0.3, -0.25) is 4.79 Å². The summed E-state index contributed by atoms with van der Waals surface area (Å²) in [6.07, 6.45) is -4.09. The molecule has 0 saturated heterocycles. The van der Waals surface area contributed by atoms with E-state index in [4.69, 9.17) is 9.47 Å². The van der Waals surface area contributed by atoms with Crippen LogP contribution in [0.3, 0.4) is 0 Å². The summed E-state index contributed by atoms with van der Waals surface area (Å²) in [6, 6.07) is 7.99. The van der Waals surface area contributed by atoms with Crippen LogP contribution in [-0.4, -0.2) is 39.6 Å². The SMILES string of the molecule is O=C(CCS(=O)(=O)c1ccc2c(c1)OCCO2)Nc1ccc2c(c1)OC(F)(F)O2. The summed E-state index contributed by atoms with van der Waals surface area (Å²) in [5.74, 6) is -0.635. The van der Waals surface area contributed by atoms with Crippen molar-refractivity contribution in [3.8, 4) is 23.0 Å². The fourth-order valence-corrected chi connectivity index (χ4v) is 4.06. The lowest BCUT2D eigenvalue weighted by molar-refractivity contribution is -0.286. The molecule has 0 bridgehead atoms. The highest BCUT2D eigenvalue weighted by atomic mass is 32.2. The van der Waals surface area contributed by atoms with Gasteiger partial charge in [-0.2, -0.15) is 0 Å². The number of hydrogen-bond acceptors (Lipinski definition) is 7. The largest absolute Gasteiger partial charge is 0.586 e. The van der Waals surface area contributed by atoms with E-state index in [1.807, 2.05) is 0 Å². The molecule has 0 aliphatic carbocycles. The lowest BCUT2D eigenvalue weighted by Crippen LogP contribution is -2.25. The minimum Gasteiger partial charge on any atom is -0.486 e. The average Bonchev–Trinajstić information content (AvgIpc) is 2.99. The minimum absolute atomic E-state index is 0.0138. The predicted molar refractivity (Wildman–Crippen MR) is 95.4 cm³/mol. The van der Waals surface area contributed by atoms with E-state index >= 15 is 0 Å². The summed E-state index contributed by atoms with van der Waals surface area (Å²) >= 11 is 0. The second-order valence-corrected chi connectivity index (χ2v) is 8.36. The van der Waals surface area contributed by atoms with Crippen molar-refractivity contribution in [2.45, 2.75) is 17.6 Å². The van der Waals surface area contributed by atoms with Gasteiger partial charge in [-0.1, -0.05) is 0 Å². The third-order valence-corrected chi connectivity index (χ3v) is 5.87. The monoisotopic (exact) mass is 427 g/mol. The fourth-order valence-electron chi connectivity index (χ4n) is 2.81. The highest BCUT2D eigenvalue weighted by Gasteiger charge is 2.43. The Bertz CT molecular complexity index is 1070. The fraction of sp³-hybridized carbons (Fsp3) is 0.278. The maximum absolute atomic E-state index is 13.0. The second kappa shape index (κ2) is 7.07. The number of hydrogen-bond donors (Lipinski definition) is 1. The number of ether oxygens (including phenoxy) is 4. The third kappa shape index (κ3) is 4.19. The van der Waals surface area contributed by atoms with Crippen molar-refractivity contribution in [1.29, 1.82) is 0 Å². The van der Waals surface area contributed by atoms with Gasteiger partial charge in [-0.15, -0.1) is 8.78 Å². The summed E-state index contributed by atoms with van der Waals surface area (Å²) in [5.41, 5.74) is 0.173. The van der Waals surface area contributed by atoms with Gasteiger partial charge in [0, 0.05) is 24.2 Å². The number of sulfone groups is 1. The molecule has 0 unspecified atom stereocenters. The van der Waals surface area contributed by atoms with Gasteiger partial charge in [-0.25, -0.2) is 8.42 Å². The normalized spacial score (nSPS) is 16.3. The molecule has 4 rings (SSSR count). The van der Waals surface area contributed by atoms with Crippen LogP contribution in [0.2, 0.25) is 0 Å². The summed E-state index contributed by atoms with van der Waals surface area (Å²) in [6.45, 7) is 0.705. The van der Waals surface area contributed by atoms with E-state index in [0.717, 1.165) is 0 Å². The van der Waals surface area contributed by atoms with Gasteiger partial charge < -0.3 is 24.3 Å². The molecule has 154 valence electrons. The predicted octanol–water partition coefficient (Wildman–Crippen LogP) is 2.58. The lowest BCUT2D eigenvalue weighted by Gasteiger charge is -2.18. The Morgan fingerprint density at radius 2 is 1.66 bits per heavy atom. The molecule has 0 aromatic heterocycles. The van der Waals surface area contributed by atoms with Crippen molar-refractivity contribution in [2.24, 2.45) is 0 Å².